The van der Waals surface area contributed by atoms with Gasteiger partial charge in [-0.2, -0.15) is 0 Å². The summed E-state index contributed by atoms with van der Waals surface area (Å²) in [6.45, 7) is 3.63. The molecule has 0 saturated carbocycles. The fraction of sp³-hybridized carbons (Fsp3) is 0.353. The summed E-state index contributed by atoms with van der Waals surface area (Å²) >= 11 is 5.87. The van der Waals surface area contributed by atoms with Crippen LogP contribution in [0.25, 0.3) is 11.0 Å². The summed E-state index contributed by atoms with van der Waals surface area (Å²) in [5.41, 5.74) is 3.02. The monoisotopic (exact) mass is 344 g/mol. The zero-order valence-corrected chi connectivity index (χ0v) is 14.0. The topological polar surface area (TPSA) is 72.9 Å². The van der Waals surface area contributed by atoms with Crippen molar-refractivity contribution in [1.29, 1.82) is 0 Å². The number of H-pyrrole nitrogens is 1. The van der Waals surface area contributed by atoms with Crippen molar-refractivity contribution in [3.05, 3.63) is 41.1 Å². The minimum atomic E-state index is 0.347. The zero-order valence-electron chi connectivity index (χ0n) is 13.3. The Hall–Kier alpha value is -2.18. The van der Waals surface area contributed by atoms with Crippen LogP contribution in [0.15, 0.2) is 24.5 Å². The van der Waals surface area contributed by atoms with Crippen LogP contribution in [0, 0.1) is 6.92 Å². The normalized spacial score (nSPS) is 15.8. The molecule has 124 valence electrons. The summed E-state index contributed by atoms with van der Waals surface area (Å²) in [4.78, 5) is 16.1. The van der Waals surface area contributed by atoms with Gasteiger partial charge in [0, 0.05) is 31.3 Å². The zero-order chi connectivity index (χ0) is 16.5. The van der Waals surface area contributed by atoms with Crippen molar-refractivity contribution in [2.24, 2.45) is 0 Å². The van der Waals surface area contributed by atoms with Crippen LogP contribution >= 0.6 is 11.6 Å². The first-order valence-corrected chi connectivity index (χ1v) is 8.30. The fourth-order valence-electron chi connectivity index (χ4n) is 2.99. The lowest BCUT2D eigenvalue weighted by atomic mass is 10.00. The van der Waals surface area contributed by atoms with E-state index in [4.69, 9.17) is 26.1 Å². The molecule has 24 heavy (non-hydrogen) atoms. The second-order valence-corrected chi connectivity index (χ2v) is 6.31. The third-order valence-electron chi connectivity index (χ3n) is 4.22. The molecule has 1 saturated heterocycles. The van der Waals surface area contributed by atoms with Crippen molar-refractivity contribution in [1.82, 2.24) is 19.9 Å². The van der Waals surface area contributed by atoms with Gasteiger partial charge in [0.15, 0.2) is 0 Å². The van der Waals surface area contributed by atoms with Crippen LogP contribution in [-0.2, 0) is 4.74 Å². The smallest absolute Gasteiger partial charge is 0.223 e. The molecule has 0 atom stereocenters. The SMILES string of the molecule is Cc1cc(Oc2cc(Cl)ncn2)cc2nc(C3CCOCC3)[nH]c12. The highest BCUT2D eigenvalue weighted by atomic mass is 35.5. The number of hydrogen-bond acceptors (Lipinski definition) is 5. The number of ether oxygens (including phenoxy) is 2. The molecule has 0 bridgehead atoms. The molecule has 1 N–H and O–H groups in total. The van der Waals surface area contributed by atoms with Gasteiger partial charge in [0.05, 0.1) is 11.0 Å². The van der Waals surface area contributed by atoms with Crippen molar-refractivity contribution in [3.63, 3.8) is 0 Å². The number of nitrogens with zero attached hydrogens (tertiary/aromatic N) is 3. The lowest BCUT2D eigenvalue weighted by molar-refractivity contribution is 0.0838. The Kier molecular flexibility index (Phi) is 4.08. The van der Waals surface area contributed by atoms with E-state index in [1.54, 1.807) is 6.07 Å². The molecule has 2 aromatic heterocycles. The van der Waals surface area contributed by atoms with Crippen LogP contribution in [0.5, 0.6) is 11.6 Å². The van der Waals surface area contributed by atoms with E-state index in [1.807, 2.05) is 19.1 Å². The Morgan fingerprint density at radius 3 is 2.83 bits per heavy atom. The molecule has 0 aliphatic carbocycles. The molecule has 1 aromatic carbocycles. The standard InChI is InChI=1S/C17H17ClN4O2/c1-10-6-12(24-15-8-14(18)19-9-20-15)7-13-16(10)22-17(21-13)11-2-4-23-5-3-11/h6-9,11H,2-5H2,1H3,(H,21,22). The van der Waals surface area contributed by atoms with E-state index in [2.05, 4.69) is 15.0 Å². The quantitative estimate of drug-likeness (QED) is 0.727. The Bertz CT molecular complexity index is 874. The highest BCUT2D eigenvalue weighted by Crippen LogP contribution is 2.31. The summed E-state index contributed by atoms with van der Waals surface area (Å²) in [7, 11) is 0. The number of aromatic amines is 1. The number of rotatable bonds is 3. The van der Waals surface area contributed by atoms with Crippen molar-refractivity contribution < 1.29 is 9.47 Å². The maximum absolute atomic E-state index is 5.87. The van der Waals surface area contributed by atoms with E-state index < -0.39 is 0 Å². The van der Waals surface area contributed by atoms with Gasteiger partial charge >= 0.3 is 0 Å². The first kappa shape index (κ1) is 15.4. The van der Waals surface area contributed by atoms with Crippen molar-refractivity contribution >= 4 is 22.6 Å². The van der Waals surface area contributed by atoms with Gasteiger partial charge < -0.3 is 14.5 Å². The van der Waals surface area contributed by atoms with Crippen molar-refractivity contribution in [2.75, 3.05) is 13.2 Å². The number of aryl methyl sites for hydroxylation is 1. The van der Waals surface area contributed by atoms with E-state index >= 15 is 0 Å². The number of hydrogen-bond donors (Lipinski definition) is 1. The van der Waals surface area contributed by atoms with Gasteiger partial charge in [-0.3, -0.25) is 0 Å². The van der Waals surface area contributed by atoms with Gasteiger partial charge in [0.2, 0.25) is 5.88 Å². The van der Waals surface area contributed by atoms with Crippen molar-refractivity contribution in [2.45, 2.75) is 25.7 Å². The Morgan fingerprint density at radius 2 is 2.04 bits per heavy atom. The molecule has 0 amide bonds. The molecule has 4 rings (SSSR count). The Morgan fingerprint density at radius 1 is 1.21 bits per heavy atom. The number of imidazole rings is 1. The van der Waals surface area contributed by atoms with Crippen LogP contribution in [0.1, 0.15) is 30.1 Å². The lowest BCUT2D eigenvalue weighted by Gasteiger charge is -2.19. The maximum atomic E-state index is 5.87. The number of fused-ring (bicyclic) bond motifs is 1. The minimum absolute atomic E-state index is 0.347. The predicted octanol–water partition coefficient (Wildman–Crippen LogP) is 4.00. The number of benzene rings is 1. The van der Waals surface area contributed by atoms with Crippen LogP contribution in [0.3, 0.4) is 0 Å². The van der Waals surface area contributed by atoms with E-state index in [0.29, 0.717) is 22.7 Å². The second-order valence-electron chi connectivity index (χ2n) is 5.92. The summed E-state index contributed by atoms with van der Waals surface area (Å²) in [5, 5.41) is 0.347. The van der Waals surface area contributed by atoms with Crippen LogP contribution < -0.4 is 4.74 Å². The largest absolute Gasteiger partial charge is 0.439 e. The molecule has 6 nitrogen and oxygen atoms in total. The molecule has 3 heterocycles. The van der Waals surface area contributed by atoms with Gasteiger partial charge in [0.25, 0.3) is 0 Å². The van der Waals surface area contributed by atoms with Gasteiger partial charge in [0.1, 0.15) is 23.1 Å². The predicted molar refractivity (Wildman–Crippen MR) is 90.7 cm³/mol. The number of aromatic nitrogens is 4. The first-order valence-electron chi connectivity index (χ1n) is 7.92. The molecule has 1 aliphatic heterocycles. The Labute approximate surface area is 144 Å². The van der Waals surface area contributed by atoms with Crippen LogP contribution in [-0.4, -0.2) is 33.1 Å². The summed E-state index contributed by atoms with van der Waals surface area (Å²) in [5.74, 6) is 2.54. The molecule has 3 aromatic rings. The lowest BCUT2D eigenvalue weighted by Crippen LogP contribution is -2.15. The summed E-state index contributed by atoms with van der Waals surface area (Å²) < 4.78 is 11.2. The van der Waals surface area contributed by atoms with E-state index in [1.165, 1.54) is 6.33 Å². The molecule has 1 fully saturated rings. The second kappa shape index (κ2) is 6.37. The molecule has 7 heteroatoms. The maximum Gasteiger partial charge on any atom is 0.223 e. The average molecular weight is 345 g/mol. The highest BCUT2D eigenvalue weighted by Gasteiger charge is 2.20. The van der Waals surface area contributed by atoms with Crippen LogP contribution in [0.2, 0.25) is 5.15 Å². The van der Waals surface area contributed by atoms with Crippen molar-refractivity contribution in [3.8, 4) is 11.6 Å². The molecule has 0 spiro atoms. The van der Waals surface area contributed by atoms with Gasteiger partial charge in [-0.05, 0) is 31.4 Å². The Balaban J connectivity index is 1.66. The highest BCUT2D eigenvalue weighted by molar-refractivity contribution is 6.29. The molecular weight excluding hydrogens is 328 g/mol. The minimum Gasteiger partial charge on any atom is -0.439 e. The fourth-order valence-corrected chi connectivity index (χ4v) is 3.13. The number of halogens is 1. The summed E-state index contributed by atoms with van der Waals surface area (Å²) in [6, 6.07) is 5.46. The molecule has 0 unspecified atom stereocenters. The van der Waals surface area contributed by atoms with E-state index in [0.717, 1.165) is 48.5 Å². The molecular formula is C17H17ClN4O2. The average Bonchev–Trinajstić information content (AvgIpc) is 3.00. The van der Waals surface area contributed by atoms with E-state index in [9.17, 15) is 0 Å². The number of nitrogens with one attached hydrogen (secondary N) is 1. The summed E-state index contributed by atoms with van der Waals surface area (Å²) in [6.07, 6.45) is 3.38. The van der Waals surface area contributed by atoms with Gasteiger partial charge in [-0.15, -0.1) is 0 Å². The third kappa shape index (κ3) is 3.07. The van der Waals surface area contributed by atoms with E-state index in [-0.39, 0.29) is 0 Å². The molecule has 0 radical (unpaired) electrons. The third-order valence-corrected chi connectivity index (χ3v) is 4.43. The van der Waals surface area contributed by atoms with Gasteiger partial charge in [-0.1, -0.05) is 11.6 Å². The first-order chi connectivity index (χ1) is 11.7. The molecule has 1 aliphatic rings. The van der Waals surface area contributed by atoms with Crippen LogP contribution in [0.4, 0.5) is 0 Å². The van der Waals surface area contributed by atoms with Gasteiger partial charge in [-0.25, -0.2) is 15.0 Å².